The van der Waals surface area contributed by atoms with E-state index in [1.54, 1.807) is 22.1 Å². The van der Waals surface area contributed by atoms with Crippen molar-refractivity contribution in [2.45, 2.75) is 32.7 Å². The Hall–Kier alpha value is -2.95. The maximum absolute atomic E-state index is 13.1. The van der Waals surface area contributed by atoms with Crippen molar-refractivity contribution in [3.8, 4) is 11.1 Å². The van der Waals surface area contributed by atoms with E-state index in [9.17, 15) is 9.59 Å². The molecule has 29 heavy (non-hydrogen) atoms. The predicted octanol–water partition coefficient (Wildman–Crippen LogP) is 3.56. The Kier molecular flexibility index (Phi) is 6.81. The lowest BCUT2D eigenvalue weighted by Crippen LogP contribution is -2.59. The molecular formula is C24H29N3O2. The molecule has 5 heteroatoms. The molecule has 2 aromatic rings. The second kappa shape index (κ2) is 9.50. The van der Waals surface area contributed by atoms with Gasteiger partial charge >= 0.3 is 0 Å². The van der Waals surface area contributed by atoms with Crippen LogP contribution >= 0.6 is 0 Å². The molecular weight excluding hydrogens is 362 g/mol. The molecule has 2 amide bonds. The van der Waals surface area contributed by atoms with Gasteiger partial charge in [-0.25, -0.2) is 0 Å². The number of hydrogen-bond acceptors (Lipinski definition) is 3. The number of aromatic nitrogens is 1. The third kappa shape index (κ3) is 5.11. The summed E-state index contributed by atoms with van der Waals surface area (Å²) in [5, 5.41) is 0. The molecule has 1 aliphatic heterocycles. The first kappa shape index (κ1) is 20.8. The zero-order chi connectivity index (χ0) is 20.8. The van der Waals surface area contributed by atoms with Gasteiger partial charge < -0.3 is 9.80 Å². The van der Waals surface area contributed by atoms with Gasteiger partial charge in [-0.05, 0) is 28.7 Å². The maximum Gasteiger partial charge on any atom is 0.246 e. The smallest absolute Gasteiger partial charge is 0.246 e. The number of amides is 2. The molecule has 1 aromatic heterocycles. The van der Waals surface area contributed by atoms with Crippen molar-refractivity contribution in [1.29, 1.82) is 0 Å². The van der Waals surface area contributed by atoms with Crippen LogP contribution in [0.3, 0.4) is 0 Å². The molecule has 2 heterocycles. The van der Waals surface area contributed by atoms with Crippen LogP contribution in [0, 0.1) is 5.92 Å². The van der Waals surface area contributed by atoms with Crippen LogP contribution < -0.4 is 0 Å². The van der Waals surface area contributed by atoms with Crippen molar-refractivity contribution >= 4 is 11.8 Å². The molecule has 1 aliphatic rings. The zero-order valence-electron chi connectivity index (χ0n) is 17.3. The Bertz CT molecular complexity index is 846. The molecule has 1 fully saturated rings. The first-order valence-corrected chi connectivity index (χ1v) is 10.2. The Morgan fingerprint density at radius 3 is 2.59 bits per heavy atom. The fourth-order valence-corrected chi connectivity index (χ4v) is 3.73. The maximum atomic E-state index is 13.1. The molecule has 0 N–H and O–H groups in total. The minimum absolute atomic E-state index is 0.00425. The molecule has 1 aromatic carbocycles. The largest absolute Gasteiger partial charge is 0.335 e. The number of pyridine rings is 1. The Morgan fingerprint density at radius 2 is 1.97 bits per heavy atom. The van der Waals surface area contributed by atoms with Crippen LogP contribution in [0.2, 0.25) is 0 Å². The van der Waals surface area contributed by atoms with E-state index < -0.39 is 6.04 Å². The number of carbonyl (C=O) groups excluding carboxylic acids is 2. The van der Waals surface area contributed by atoms with Gasteiger partial charge in [0.05, 0.1) is 0 Å². The average molecular weight is 392 g/mol. The number of carbonyl (C=O) groups is 2. The molecule has 0 saturated carbocycles. The summed E-state index contributed by atoms with van der Waals surface area (Å²) in [6, 6.07) is 11.6. The van der Waals surface area contributed by atoms with Crippen LogP contribution in [0.15, 0.2) is 61.4 Å². The molecule has 152 valence electrons. The summed E-state index contributed by atoms with van der Waals surface area (Å²) in [5.74, 6) is 0.330. The van der Waals surface area contributed by atoms with Gasteiger partial charge in [-0.15, -0.1) is 6.58 Å². The van der Waals surface area contributed by atoms with Crippen molar-refractivity contribution in [2.75, 3.05) is 19.6 Å². The minimum Gasteiger partial charge on any atom is -0.335 e. The highest BCUT2D eigenvalue weighted by Crippen LogP contribution is 2.22. The fourth-order valence-electron chi connectivity index (χ4n) is 3.73. The summed E-state index contributed by atoms with van der Waals surface area (Å²) >= 11 is 0. The van der Waals surface area contributed by atoms with Crippen LogP contribution in [0.4, 0.5) is 0 Å². The van der Waals surface area contributed by atoms with Crippen molar-refractivity contribution < 1.29 is 9.59 Å². The SMILES string of the molecule is C=CCN1CCN(C(=O)CC(C)C)C(Cc2ccc(-c3cccnc3)cc2)C1=O. The van der Waals surface area contributed by atoms with Crippen molar-refractivity contribution in [1.82, 2.24) is 14.8 Å². The molecule has 5 nitrogen and oxygen atoms in total. The van der Waals surface area contributed by atoms with Crippen LogP contribution in [-0.4, -0.2) is 52.3 Å². The van der Waals surface area contributed by atoms with Gasteiger partial charge in [-0.2, -0.15) is 0 Å². The Labute approximate surface area is 173 Å². The van der Waals surface area contributed by atoms with Crippen LogP contribution in [0.5, 0.6) is 0 Å². The summed E-state index contributed by atoms with van der Waals surface area (Å²) in [4.78, 5) is 33.6. The lowest BCUT2D eigenvalue weighted by atomic mass is 9.97. The normalized spacial score (nSPS) is 16.9. The second-order valence-corrected chi connectivity index (χ2v) is 7.92. The number of nitrogens with zero attached hydrogens (tertiary/aromatic N) is 3. The summed E-state index contributed by atoms with van der Waals surface area (Å²) in [5.41, 5.74) is 3.18. The van der Waals surface area contributed by atoms with Gasteiger partial charge in [0.25, 0.3) is 0 Å². The van der Waals surface area contributed by atoms with Crippen LogP contribution in [0.1, 0.15) is 25.8 Å². The van der Waals surface area contributed by atoms with E-state index in [0.29, 0.717) is 32.5 Å². The summed E-state index contributed by atoms with van der Waals surface area (Å²) < 4.78 is 0. The predicted molar refractivity (Wildman–Crippen MR) is 115 cm³/mol. The molecule has 1 atom stereocenters. The molecule has 1 unspecified atom stereocenters. The molecule has 0 aliphatic carbocycles. The highest BCUT2D eigenvalue weighted by atomic mass is 16.2. The number of hydrogen-bond donors (Lipinski definition) is 0. The monoisotopic (exact) mass is 391 g/mol. The molecule has 0 spiro atoms. The van der Waals surface area contributed by atoms with E-state index >= 15 is 0 Å². The van der Waals surface area contributed by atoms with E-state index in [-0.39, 0.29) is 17.7 Å². The number of piperazine rings is 1. The van der Waals surface area contributed by atoms with Gasteiger partial charge in [0.1, 0.15) is 6.04 Å². The first-order valence-electron chi connectivity index (χ1n) is 10.2. The standard InChI is InChI=1S/C24H29N3O2/c1-4-12-26-13-14-27(23(28)15-18(2)3)22(24(26)29)16-19-7-9-20(10-8-19)21-6-5-11-25-17-21/h4-11,17-18,22H,1,12-16H2,2-3H3. The summed E-state index contributed by atoms with van der Waals surface area (Å²) in [6.45, 7) is 9.45. The van der Waals surface area contributed by atoms with Crippen LogP contribution in [-0.2, 0) is 16.0 Å². The molecule has 0 bridgehead atoms. The van der Waals surface area contributed by atoms with E-state index in [4.69, 9.17) is 0 Å². The van der Waals surface area contributed by atoms with Crippen LogP contribution in [0.25, 0.3) is 11.1 Å². The molecule has 3 rings (SSSR count). The van der Waals surface area contributed by atoms with Gasteiger partial charge in [-0.1, -0.05) is 50.3 Å². The van der Waals surface area contributed by atoms with Gasteiger partial charge in [-0.3, -0.25) is 14.6 Å². The summed E-state index contributed by atoms with van der Waals surface area (Å²) in [6.07, 6.45) is 6.31. The third-order valence-electron chi connectivity index (χ3n) is 5.21. The quantitative estimate of drug-likeness (QED) is 0.678. The minimum atomic E-state index is -0.459. The average Bonchev–Trinajstić information content (AvgIpc) is 2.72. The van der Waals surface area contributed by atoms with Crippen molar-refractivity contribution in [2.24, 2.45) is 5.92 Å². The van der Waals surface area contributed by atoms with Crippen molar-refractivity contribution in [3.63, 3.8) is 0 Å². The first-order chi connectivity index (χ1) is 14.0. The lowest BCUT2D eigenvalue weighted by molar-refractivity contribution is -0.151. The lowest BCUT2D eigenvalue weighted by Gasteiger charge is -2.40. The highest BCUT2D eigenvalue weighted by Gasteiger charge is 2.36. The Morgan fingerprint density at radius 1 is 1.21 bits per heavy atom. The third-order valence-corrected chi connectivity index (χ3v) is 5.21. The van der Waals surface area contributed by atoms with Gasteiger partial charge in [0.2, 0.25) is 11.8 Å². The fraction of sp³-hybridized carbons (Fsp3) is 0.375. The highest BCUT2D eigenvalue weighted by molar-refractivity contribution is 5.89. The topological polar surface area (TPSA) is 53.5 Å². The molecule has 1 saturated heterocycles. The Balaban J connectivity index is 1.80. The van der Waals surface area contributed by atoms with Gasteiger partial charge in [0, 0.05) is 44.9 Å². The zero-order valence-corrected chi connectivity index (χ0v) is 17.3. The summed E-state index contributed by atoms with van der Waals surface area (Å²) in [7, 11) is 0. The van der Waals surface area contributed by atoms with E-state index in [2.05, 4.69) is 11.6 Å². The number of benzene rings is 1. The van der Waals surface area contributed by atoms with E-state index in [1.165, 1.54) is 0 Å². The number of rotatable bonds is 7. The van der Waals surface area contributed by atoms with E-state index in [1.807, 2.05) is 56.4 Å². The molecule has 0 radical (unpaired) electrons. The second-order valence-electron chi connectivity index (χ2n) is 7.92. The van der Waals surface area contributed by atoms with Crippen molar-refractivity contribution in [3.05, 3.63) is 67.0 Å². The van der Waals surface area contributed by atoms with Gasteiger partial charge in [0.15, 0.2) is 0 Å². The van der Waals surface area contributed by atoms with E-state index in [0.717, 1.165) is 16.7 Å².